The van der Waals surface area contributed by atoms with Gasteiger partial charge in [-0.05, 0) is 40.8 Å². The molecule has 58 valence electrons. The van der Waals surface area contributed by atoms with Crippen LogP contribution in [0, 0.1) is 3.57 Å². The van der Waals surface area contributed by atoms with Gasteiger partial charge >= 0.3 is 0 Å². The Hall–Kier alpha value is -0.780. The molecule has 2 N–H and O–H groups in total. The van der Waals surface area contributed by atoms with Gasteiger partial charge in [0.25, 0.3) is 6.47 Å². The number of benzene rings is 1. The van der Waals surface area contributed by atoms with Crippen molar-refractivity contribution in [2.45, 2.75) is 0 Å². The highest BCUT2D eigenvalue weighted by atomic mass is 127. The van der Waals surface area contributed by atoms with Gasteiger partial charge in [0.1, 0.15) is 0 Å². The van der Waals surface area contributed by atoms with Crippen LogP contribution >= 0.6 is 22.6 Å². The predicted octanol–water partition coefficient (Wildman–Crippen LogP) is 1.41. The summed E-state index contributed by atoms with van der Waals surface area (Å²) in [5, 5.41) is 0. The summed E-state index contributed by atoms with van der Waals surface area (Å²) < 4.78 is 5.59. The fourth-order valence-corrected chi connectivity index (χ4v) is 1.12. The summed E-state index contributed by atoms with van der Waals surface area (Å²) in [5.74, 6) is 0.409. The minimum atomic E-state index is 0.363. The predicted molar refractivity (Wildman–Crippen MR) is 50.3 cm³/mol. The first-order valence-corrected chi connectivity index (χ1v) is 3.97. The van der Waals surface area contributed by atoms with E-state index in [9.17, 15) is 4.79 Å². The number of rotatable bonds is 2. The molecule has 0 fully saturated rings. The van der Waals surface area contributed by atoms with Crippen LogP contribution in [0.25, 0.3) is 0 Å². The molecule has 0 radical (unpaired) electrons. The summed E-state index contributed by atoms with van der Waals surface area (Å²) in [6, 6.07) is 5.23. The topological polar surface area (TPSA) is 52.3 Å². The van der Waals surface area contributed by atoms with Crippen LogP contribution in [-0.4, -0.2) is 6.47 Å². The molecular weight excluding hydrogens is 257 g/mol. The van der Waals surface area contributed by atoms with Crippen LogP contribution in [0.15, 0.2) is 18.2 Å². The maximum atomic E-state index is 9.96. The van der Waals surface area contributed by atoms with E-state index < -0.39 is 0 Å². The van der Waals surface area contributed by atoms with Crippen molar-refractivity contribution < 1.29 is 9.53 Å². The molecule has 1 rings (SSSR count). The molecule has 0 spiro atoms. The number of nitrogen functional groups attached to an aromatic ring is 1. The summed E-state index contributed by atoms with van der Waals surface area (Å²) in [7, 11) is 0. The van der Waals surface area contributed by atoms with Gasteiger partial charge in [-0.2, -0.15) is 0 Å². The summed E-state index contributed by atoms with van der Waals surface area (Å²) in [4.78, 5) is 9.96. The lowest BCUT2D eigenvalue weighted by Gasteiger charge is -2.01. The van der Waals surface area contributed by atoms with Gasteiger partial charge in [-0.25, -0.2) is 0 Å². The van der Waals surface area contributed by atoms with Crippen molar-refractivity contribution in [3.63, 3.8) is 0 Å². The molecule has 0 aromatic heterocycles. The van der Waals surface area contributed by atoms with Crippen molar-refractivity contribution in [2.75, 3.05) is 5.73 Å². The van der Waals surface area contributed by atoms with Crippen LogP contribution in [0.4, 0.5) is 5.69 Å². The minimum Gasteiger partial charge on any atom is -0.427 e. The zero-order chi connectivity index (χ0) is 8.27. The van der Waals surface area contributed by atoms with Crippen molar-refractivity contribution >= 4 is 34.8 Å². The molecule has 0 heterocycles. The Labute approximate surface area is 77.7 Å². The summed E-state index contributed by atoms with van der Waals surface area (Å²) >= 11 is 2.11. The van der Waals surface area contributed by atoms with Gasteiger partial charge in [-0.3, -0.25) is 4.79 Å². The highest BCUT2D eigenvalue weighted by molar-refractivity contribution is 14.1. The molecule has 0 unspecified atom stereocenters. The molecule has 0 bridgehead atoms. The highest BCUT2D eigenvalue weighted by Crippen LogP contribution is 2.22. The fourth-order valence-electron chi connectivity index (χ4n) is 0.662. The summed E-state index contributed by atoms with van der Waals surface area (Å²) in [6.45, 7) is 0.363. The van der Waals surface area contributed by atoms with Crippen LogP contribution in [0.2, 0.25) is 0 Å². The van der Waals surface area contributed by atoms with Crippen LogP contribution in [-0.2, 0) is 4.79 Å². The number of carbonyl (C=O) groups excluding carboxylic acids is 1. The Balaban J connectivity index is 3.01. The second-order valence-corrected chi connectivity index (χ2v) is 3.14. The van der Waals surface area contributed by atoms with Crippen molar-refractivity contribution in [1.29, 1.82) is 0 Å². The number of ether oxygens (including phenoxy) is 1. The lowest BCUT2D eigenvalue weighted by molar-refractivity contribution is -0.120. The van der Waals surface area contributed by atoms with Gasteiger partial charge < -0.3 is 10.5 Å². The first kappa shape index (κ1) is 8.32. The lowest BCUT2D eigenvalue weighted by atomic mass is 10.3. The molecule has 0 saturated carbocycles. The van der Waals surface area contributed by atoms with E-state index >= 15 is 0 Å². The highest BCUT2D eigenvalue weighted by Gasteiger charge is 1.98. The molecule has 1 aromatic rings. The fraction of sp³-hybridized carbons (Fsp3) is 0. The smallest absolute Gasteiger partial charge is 0.298 e. The third-order valence-corrected chi connectivity index (χ3v) is 1.82. The number of halogens is 1. The minimum absolute atomic E-state index is 0.363. The molecule has 0 aliphatic heterocycles. The Morgan fingerprint density at radius 3 is 2.91 bits per heavy atom. The Kier molecular flexibility index (Phi) is 2.70. The van der Waals surface area contributed by atoms with Gasteiger partial charge in [0.2, 0.25) is 0 Å². The van der Waals surface area contributed by atoms with Gasteiger partial charge in [0.15, 0.2) is 5.75 Å². The zero-order valence-electron chi connectivity index (χ0n) is 5.58. The van der Waals surface area contributed by atoms with Crippen LogP contribution in [0.3, 0.4) is 0 Å². The van der Waals surface area contributed by atoms with E-state index in [0.717, 1.165) is 3.57 Å². The lowest BCUT2D eigenvalue weighted by Crippen LogP contribution is -1.94. The van der Waals surface area contributed by atoms with E-state index in [1.165, 1.54) is 0 Å². The van der Waals surface area contributed by atoms with Crippen LogP contribution in [0.1, 0.15) is 0 Å². The first-order chi connectivity index (χ1) is 5.24. The third-order valence-electron chi connectivity index (χ3n) is 1.15. The van der Waals surface area contributed by atoms with Gasteiger partial charge in [0, 0.05) is 3.57 Å². The average molecular weight is 263 g/mol. The van der Waals surface area contributed by atoms with Crippen molar-refractivity contribution in [2.24, 2.45) is 0 Å². The maximum absolute atomic E-state index is 9.96. The van der Waals surface area contributed by atoms with E-state index in [4.69, 9.17) is 5.73 Å². The number of anilines is 1. The SMILES string of the molecule is Nc1ccc(I)cc1OC=O. The maximum Gasteiger partial charge on any atom is 0.298 e. The monoisotopic (exact) mass is 263 g/mol. The molecule has 4 heteroatoms. The van der Waals surface area contributed by atoms with E-state index in [0.29, 0.717) is 17.9 Å². The molecule has 0 atom stereocenters. The van der Waals surface area contributed by atoms with Gasteiger partial charge in [0.05, 0.1) is 5.69 Å². The number of carbonyl (C=O) groups is 1. The molecule has 0 amide bonds. The zero-order valence-corrected chi connectivity index (χ0v) is 7.74. The Morgan fingerprint density at radius 1 is 1.55 bits per heavy atom. The Bertz CT molecular complexity index is 275. The van der Waals surface area contributed by atoms with E-state index in [1.54, 1.807) is 12.1 Å². The van der Waals surface area contributed by atoms with Gasteiger partial charge in [-0.15, -0.1) is 0 Å². The van der Waals surface area contributed by atoms with Crippen LogP contribution in [0.5, 0.6) is 5.75 Å². The molecule has 11 heavy (non-hydrogen) atoms. The molecule has 0 aliphatic carbocycles. The average Bonchev–Trinajstić information content (AvgIpc) is 1.98. The van der Waals surface area contributed by atoms with Crippen molar-refractivity contribution in [1.82, 2.24) is 0 Å². The number of nitrogens with two attached hydrogens (primary N) is 1. The van der Waals surface area contributed by atoms with Gasteiger partial charge in [-0.1, -0.05) is 0 Å². The number of hydrogen-bond donors (Lipinski definition) is 1. The van der Waals surface area contributed by atoms with E-state index in [2.05, 4.69) is 27.3 Å². The normalized spacial score (nSPS) is 9.18. The standard InChI is InChI=1S/C7H6INO2/c8-5-1-2-6(9)7(3-5)11-4-10/h1-4H,9H2. The molecule has 0 aliphatic rings. The van der Waals surface area contributed by atoms with Crippen molar-refractivity contribution in [3.8, 4) is 5.75 Å². The second-order valence-electron chi connectivity index (χ2n) is 1.90. The summed E-state index contributed by atoms with van der Waals surface area (Å²) in [6.07, 6.45) is 0. The van der Waals surface area contributed by atoms with E-state index in [-0.39, 0.29) is 0 Å². The van der Waals surface area contributed by atoms with Crippen molar-refractivity contribution in [3.05, 3.63) is 21.8 Å². The second kappa shape index (κ2) is 3.56. The Morgan fingerprint density at radius 2 is 2.27 bits per heavy atom. The largest absolute Gasteiger partial charge is 0.427 e. The molecule has 0 saturated heterocycles. The molecule has 3 nitrogen and oxygen atoms in total. The van der Waals surface area contributed by atoms with E-state index in [1.807, 2.05) is 6.07 Å². The summed E-state index contributed by atoms with van der Waals surface area (Å²) in [5.41, 5.74) is 5.96. The van der Waals surface area contributed by atoms with Crippen LogP contribution < -0.4 is 10.5 Å². The number of hydrogen-bond acceptors (Lipinski definition) is 3. The third kappa shape index (κ3) is 2.07. The quantitative estimate of drug-likeness (QED) is 0.498. The molecular formula is C7H6INO2. The molecule has 1 aromatic carbocycles. The first-order valence-electron chi connectivity index (χ1n) is 2.89.